The van der Waals surface area contributed by atoms with Crippen molar-refractivity contribution in [3.8, 4) is 0 Å². The summed E-state index contributed by atoms with van der Waals surface area (Å²) in [5.74, 6) is 0. The monoisotopic (exact) mass is 337 g/mol. The molecule has 5 rings (SSSR count). The summed E-state index contributed by atoms with van der Waals surface area (Å²) in [6.07, 6.45) is 3.04. The Morgan fingerprint density at radius 2 is 1.62 bits per heavy atom. The van der Waals surface area contributed by atoms with Gasteiger partial charge in [-0.05, 0) is 69.0 Å². The van der Waals surface area contributed by atoms with Crippen molar-refractivity contribution in [1.82, 2.24) is 4.98 Å². The third-order valence-corrected chi connectivity index (χ3v) is 5.32. The Morgan fingerprint density at radius 3 is 2.42 bits per heavy atom. The average molecular weight is 337 g/mol. The van der Waals surface area contributed by atoms with Gasteiger partial charge in [-0.25, -0.2) is 0 Å². The lowest BCUT2D eigenvalue weighted by molar-refractivity contribution is 0.411. The summed E-state index contributed by atoms with van der Waals surface area (Å²) in [5.41, 5.74) is 4.10. The fraction of sp³-hybridized carbons (Fsp3) is 0.240. The van der Waals surface area contributed by atoms with Crippen LogP contribution in [0.3, 0.4) is 0 Å². The van der Waals surface area contributed by atoms with Crippen LogP contribution < -0.4 is 0 Å². The van der Waals surface area contributed by atoms with Crippen LogP contribution in [-0.2, 0) is 6.42 Å². The molecule has 1 nitrogen and oxygen atoms in total. The summed E-state index contributed by atoms with van der Waals surface area (Å²) in [5, 5.41) is 9.22. The zero-order valence-corrected chi connectivity index (χ0v) is 15.9. The smallest absolute Gasteiger partial charge is 0.0793 e. The molecule has 0 aliphatic carbocycles. The van der Waals surface area contributed by atoms with E-state index < -0.39 is 0 Å². The molecular weight excluding hydrogens is 314 g/mol. The molecule has 0 N–H and O–H groups in total. The van der Waals surface area contributed by atoms with Gasteiger partial charge in [0.05, 0.1) is 5.52 Å². The number of nitrogens with zero attached hydrogens (tertiary/aromatic N) is 1. The first-order valence-corrected chi connectivity index (χ1v) is 9.36. The summed E-state index contributed by atoms with van der Waals surface area (Å²) < 4.78 is 0. The predicted octanol–water partition coefficient (Wildman–Crippen LogP) is 7.03. The molecule has 1 heterocycles. The molecule has 128 valence electrons. The molecule has 0 aliphatic heterocycles. The minimum Gasteiger partial charge on any atom is -0.256 e. The third kappa shape index (κ3) is 2.27. The van der Waals surface area contributed by atoms with Gasteiger partial charge in [-0.2, -0.15) is 0 Å². The van der Waals surface area contributed by atoms with Crippen LogP contribution in [0.5, 0.6) is 0 Å². The van der Waals surface area contributed by atoms with Gasteiger partial charge >= 0.3 is 0 Å². The number of benzene rings is 4. The van der Waals surface area contributed by atoms with Crippen LogP contribution in [-0.4, -0.2) is 4.98 Å². The molecule has 0 amide bonds. The summed E-state index contributed by atoms with van der Waals surface area (Å²) in [6, 6.07) is 18.2. The van der Waals surface area contributed by atoms with Crippen LogP contribution >= 0.6 is 0 Å². The molecule has 5 aromatic rings. The second-order valence-electron chi connectivity index (χ2n) is 8.85. The maximum atomic E-state index is 4.81. The summed E-state index contributed by atoms with van der Waals surface area (Å²) in [4.78, 5) is 4.81. The number of fused-ring (bicyclic) bond motifs is 2. The second kappa shape index (κ2) is 5.17. The molecule has 0 unspecified atom stereocenters. The van der Waals surface area contributed by atoms with Crippen LogP contribution in [0.15, 0.2) is 54.7 Å². The number of hydrogen-bond acceptors (Lipinski definition) is 1. The van der Waals surface area contributed by atoms with E-state index in [1.807, 2.05) is 6.20 Å². The molecule has 0 bridgehead atoms. The number of hydrogen-bond donors (Lipinski definition) is 0. The van der Waals surface area contributed by atoms with Crippen molar-refractivity contribution in [1.29, 1.82) is 0 Å². The zero-order chi connectivity index (χ0) is 18.1. The normalized spacial score (nSPS) is 12.8. The maximum absolute atomic E-state index is 4.81. The van der Waals surface area contributed by atoms with Gasteiger partial charge in [0.25, 0.3) is 0 Å². The fourth-order valence-electron chi connectivity index (χ4n) is 4.50. The maximum Gasteiger partial charge on any atom is 0.0793 e. The van der Waals surface area contributed by atoms with Crippen molar-refractivity contribution in [2.45, 2.75) is 34.1 Å². The number of pyridine rings is 1. The Balaban J connectivity index is 2.03. The van der Waals surface area contributed by atoms with Crippen molar-refractivity contribution in [3.05, 3.63) is 65.9 Å². The summed E-state index contributed by atoms with van der Waals surface area (Å²) in [7, 11) is 0. The Hall–Kier alpha value is -2.67. The van der Waals surface area contributed by atoms with E-state index in [2.05, 4.69) is 76.2 Å². The van der Waals surface area contributed by atoms with Gasteiger partial charge < -0.3 is 0 Å². The molecule has 1 aromatic heterocycles. The lowest BCUT2D eigenvalue weighted by atomic mass is 9.85. The number of rotatable bonds is 1. The third-order valence-electron chi connectivity index (χ3n) is 5.32. The molecule has 0 saturated carbocycles. The summed E-state index contributed by atoms with van der Waals surface area (Å²) >= 11 is 0. The minimum absolute atomic E-state index is 0.270. The predicted molar refractivity (Wildman–Crippen MR) is 113 cm³/mol. The van der Waals surface area contributed by atoms with E-state index in [0.29, 0.717) is 0 Å². The van der Waals surface area contributed by atoms with Crippen LogP contribution in [0.25, 0.3) is 43.2 Å². The van der Waals surface area contributed by atoms with Crippen molar-refractivity contribution in [2.24, 2.45) is 5.41 Å². The van der Waals surface area contributed by atoms with Crippen molar-refractivity contribution in [3.63, 3.8) is 0 Å². The lowest BCUT2D eigenvalue weighted by Crippen LogP contribution is -2.09. The van der Waals surface area contributed by atoms with Crippen LogP contribution in [0, 0.1) is 12.3 Å². The van der Waals surface area contributed by atoms with E-state index in [1.165, 1.54) is 48.8 Å². The molecule has 0 fully saturated rings. The quantitative estimate of drug-likeness (QED) is 0.236. The molecule has 4 aromatic carbocycles. The highest BCUT2D eigenvalue weighted by Gasteiger charge is 2.17. The van der Waals surface area contributed by atoms with Gasteiger partial charge in [-0.3, -0.25) is 4.98 Å². The Kier molecular flexibility index (Phi) is 3.10. The molecule has 26 heavy (non-hydrogen) atoms. The van der Waals surface area contributed by atoms with Crippen molar-refractivity contribution >= 4 is 43.2 Å². The molecule has 1 heteroatoms. The average Bonchev–Trinajstić information content (AvgIpc) is 2.57. The highest BCUT2D eigenvalue weighted by molar-refractivity contribution is 6.32. The van der Waals surface area contributed by atoms with Crippen molar-refractivity contribution in [2.75, 3.05) is 0 Å². The molecule has 0 saturated heterocycles. The Morgan fingerprint density at radius 1 is 0.808 bits per heavy atom. The van der Waals surface area contributed by atoms with Gasteiger partial charge in [0.1, 0.15) is 0 Å². The Bertz CT molecular complexity index is 1290. The molecule has 0 radical (unpaired) electrons. The van der Waals surface area contributed by atoms with Gasteiger partial charge in [0.15, 0.2) is 0 Å². The standard InChI is InChI=1S/C25H23N/c1-15-10-17-6-5-7-19-20-13-16(14-25(2,3)4)12-18-8-9-26-24(23(18)20)21(11-15)22(17)19/h5-13H,14H2,1-4H3. The van der Waals surface area contributed by atoms with Gasteiger partial charge in [0, 0.05) is 17.0 Å². The van der Waals surface area contributed by atoms with Gasteiger partial charge in [-0.1, -0.05) is 57.2 Å². The number of aryl methyl sites for hydroxylation is 1. The van der Waals surface area contributed by atoms with E-state index in [9.17, 15) is 0 Å². The van der Waals surface area contributed by atoms with E-state index >= 15 is 0 Å². The first kappa shape index (κ1) is 15.6. The highest BCUT2D eigenvalue weighted by Crippen LogP contribution is 2.40. The van der Waals surface area contributed by atoms with Crippen LogP contribution in [0.2, 0.25) is 0 Å². The lowest BCUT2D eigenvalue weighted by Gasteiger charge is -2.20. The Labute approximate surface area is 154 Å². The van der Waals surface area contributed by atoms with E-state index in [1.54, 1.807) is 0 Å². The van der Waals surface area contributed by atoms with Crippen LogP contribution in [0.4, 0.5) is 0 Å². The van der Waals surface area contributed by atoms with Gasteiger partial charge in [0.2, 0.25) is 0 Å². The second-order valence-corrected chi connectivity index (χ2v) is 8.85. The minimum atomic E-state index is 0.270. The molecular formula is C25H23N. The summed E-state index contributed by atoms with van der Waals surface area (Å²) in [6.45, 7) is 9.09. The first-order valence-electron chi connectivity index (χ1n) is 9.36. The highest BCUT2D eigenvalue weighted by atomic mass is 14.7. The van der Waals surface area contributed by atoms with E-state index in [0.717, 1.165) is 11.9 Å². The van der Waals surface area contributed by atoms with E-state index in [-0.39, 0.29) is 5.41 Å². The molecule has 0 atom stereocenters. The topological polar surface area (TPSA) is 12.9 Å². The SMILES string of the molecule is Cc1cc2cccc3c4cc(CC(C)(C)C)cc5ccnc(c(c1)c23)c54. The van der Waals surface area contributed by atoms with Crippen LogP contribution in [0.1, 0.15) is 31.9 Å². The molecule has 0 spiro atoms. The molecule has 0 aliphatic rings. The zero-order valence-electron chi connectivity index (χ0n) is 15.9. The van der Waals surface area contributed by atoms with Crippen molar-refractivity contribution < 1.29 is 0 Å². The largest absolute Gasteiger partial charge is 0.256 e. The fourth-order valence-corrected chi connectivity index (χ4v) is 4.50. The first-order chi connectivity index (χ1) is 12.4. The van der Waals surface area contributed by atoms with Gasteiger partial charge in [-0.15, -0.1) is 0 Å². The van der Waals surface area contributed by atoms with E-state index in [4.69, 9.17) is 4.98 Å². The number of aromatic nitrogens is 1.